The van der Waals surface area contributed by atoms with Crippen LogP contribution in [0.1, 0.15) is 31.1 Å². The zero-order chi connectivity index (χ0) is 19.6. The Bertz CT molecular complexity index is 738. The van der Waals surface area contributed by atoms with Crippen molar-refractivity contribution in [2.75, 3.05) is 36.5 Å². The first kappa shape index (κ1) is 20.3. The highest BCUT2D eigenvalue weighted by Gasteiger charge is 2.11. The van der Waals surface area contributed by atoms with Crippen LogP contribution >= 0.6 is 0 Å². The summed E-state index contributed by atoms with van der Waals surface area (Å²) in [5.74, 6) is -0.190. The number of hydrogen-bond donors (Lipinski definition) is 1. The van der Waals surface area contributed by atoms with E-state index in [0.29, 0.717) is 17.9 Å². The van der Waals surface area contributed by atoms with E-state index in [9.17, 15) is 9.59 Å². The summed E-state index contributed by atoms with van der Waals surface area (Å²) in [5.41, 5.74) is 2.08. The molecule has 0 fully saturated rings. The summed E-state index contributed by atoms with van der Waals surface area (Å²) in [6.45, 7) is 8.09. The number of carbonyl (C=O) groups excluding carboxylic acids is 2. The van der Waals surface area contributed by atoms with Crippen molar-refractivity contribution in [1.29, 1.82) is 0 Å². The van der Waals surface area contributed by atoms with E-state index in [1.54, 1.807) is 36.4 Å². The average molecular weight is 370 g/mol. The second-order valence-corrected chi connectivity index (χ2v) is 5.80. The van der Waals surface area contributed by atoms with Gasteiger partial charge in [0.15, 0.2) is 6.61 Å². The molecule has 0 aliphatic carbocycles. The van der Waals surface area contributed by atoms with Crippen molar-refractivity contribution in [3.8, 4) is 5.75 Å². The van der Waals surface area contributed by atoms with E-state index in [4.69, 9.17) is 9.47 Å². The highest BCUT2D eigenvalue weighted by Crippen LogP contribution is 2.16. The van der Waals surface area contributed by atoms with Gasteiger partial charge in [0.05, 0.1) is 12.2 Å². The second kappa shape index (κ2) is 10.2. The van der Waals surface area contributed by atoms with Gasteiger partial charge in [0.2, 0.25) is 0 Å². The minimum absolute atomic E-state index is 0.343. The molecule has 0 spiro atoms. The monoisotopic (exact) mass is 370 g/mol. The van der Waals surface area contributed by atoms with Crippen LogP contribution < -0.4 is 15.0 Å². The highest BCUT2D eigenvalue weighted by atomic mass is 16.5. The maximum Gasteiger partial charge on any atom is 0.338 e. The minimum atomic E-state index is -0.525. The van der Waals surface area contributed by atoms with Crippen molar-refractivity contribution in [3.05, 3.63) is 54.1 Å². The third-order valence-electron chi connectivity index (χ3n) is 4.02. The molecular weight excluding hydrogens is 344 g/mol. The molecule has 2 aromatic carbocycles. The number of nitrogens with zero attached hydrogens (tertiary/aromatic N) is 1. The van der Waals surface area contributed by atoms with Crippen LogP contribution in [0.3, 0.4) is 0 Å². The molecule has 2 rings (SSSR count). The summed E-state index contributed by atoms with van der Waals surface area (Å²) in [5, 5.41) is 2.68. The number of nitrogens with one attached hydrogen (secondary N) is 1. The minimum Gasteiger partial charge on any atom is -0.494 e. The number of rotatable bonds is 9. The van der Waals surface area contributed by atoms with Gasteiger partial charge in [0.1, 0.15) is 5.75 Å². The fourth-order valence-corrected chi connectivity index (χ4v) is 2.61. The number of amides is 1. The Morgan fingerprint density at radius 3 is 2.11 bits per heavy atom. The molecule has 0 radical (unpaired) electrons. The van der Waals surface area contributed by atoms with E-state index < -0.39 is 11.9 Å². The van der Waals surface area contributed by atoms with Gasteiger partial charge in [-0.3, -0.25) is 4.79 Å². The Morgan fingerprint density at radius 1 is 0.926 bits per heavy atom. The molecule has 1 N–H and O–H groups in total. The molecule has 0 heterocycles. The first-order chi connectivity index (χ1) is 13.1. The quantitative estimate of drug-likeness (QED) is 0.681. The van der Waals surface area contributed by atoms with Gasteiger partial charge < -0.3 is 19.7 Å². The number of carbonyl (C=O) groups is 2. The Labute approximate surface area is 160 Å². The number of ether oxygens (including phenoxy) is 2. The summed E-state index contributed by atoms with van der Waals surface area (Å²) in [4.78, 5) is 26.2. The van der Waals surface area contributed by atoms with Crippen LogP contribution in [-0.2, 0) is 9.53 Å². The van der Waals surface area contributed by atoms with Gasteiger partial charge in [-0.05, 0) is 69.3 Å². The van der Waals surface area contributed by atoms with Crippen molar-refractivity contribution in [1.82, 2.24) is 0 Å². The fraction of sp³-hybridized carbons (Fsp3) is 0.333. The summed E-state index contributed by atoms with van der Waals surface area (Å²) >= 11 is 0. The zero-order valence-electron chi connectivity index (χ0n) is 16.0. The molecule has 0 aliphatic heterocycles. The molecule has 0 saturated carbocycles. The summed E-state index contributed by atoms with van der Waals surface area (Å²) < 4.78 is 10.4. The van der Waals surface area contributed by atoms with Crippen LogP contribution in [-0.4, -0.2) is 38.2 Å². The van der Waals surface area contributed by atoms with E-state index >= 15 is 0 Å². The van der Waals surface area contributed by atoms with Crippen LogP contribution in [0.15, 0.2) is 48.5 Å². The van der Waals surface area contributed by atoms with Crippen LogP contribution in [0.5, 0.6) is 5.75 Å². The van der Waals surface area contributed by atoms with E-state index in [2.05, 4.69) is 24.1 Å². The maximum absolute atomic E-state index is 12.1. The van der Waals surface area contributed by atoms with Crippen molar-refractivity contribution in [2.45, 2.75) is 20.8 Å². The number of esters is 1. The van der Waals surface area contributed by atoms with E-state index in [-0.39, 0.29) is 6.61 Å². The normalized spacial score (nSPS) is 10.2. The third-order valence-corrected chi connectivity index (χ3v) is 4.02. The lowest BCUT2D eigenvalue weighted by Crippen LogP contribution is -2.22. The average Bonchev–Trinajstić information content (AvgIpc) is 2.69. The zero-order valence-corrected chi connectivity index (χ0v) is 16.0. The molecule has 6 heteroatoms. The molecule has 27 heavy (non-hydrogen) atoms. The molecule has 0 unspecified atom stereocenters. The van der Waals surface area contributed by atoms with Crippen LogP contribution in [0.25, 0.3) is 0 Å². The standard InChI is InChI=1S/C21H26N2O4/c1-4-23(5-2)18-11-7-16(8-12-18)21(25)27-15-20(24)22-17-9-13-19(14-10-17)26-6-3/h7-14H,4-6,15H2,1-3H3,(H,22,24). The molecular formula is C21H26N2O4. The smallest absolute Gasteiger partial charge is 0.338 e. The number of anilines is 2. The van der Waals surface area contributed by atoms with Gasteiger partial charge >= 0.3 is 5.97 Å². The Morgan fingerprint density at radius 2 is 1.56 bits per heavy atom. The SMILES string of the molecule is CCOc1ccc(NC(=O)COC(=O)c2ccc(N(CC)CC)cc2)cc1. The molecule has 0 aromatic heterocycles. The maximum atomic E-state index is 12.1. The molecule has 6 nitrogen and oxygen atoms in total. The molecule has 0 saturated heterocycles. The molecule has 0 atom stereocenters. The largest absolute Gasteiger partial charge is 0.494 e. The number of hydrogen-bond acceptors (Lipinski definition) is 5. The lowest BCUT2D eigenvalue weighted by Gasteiger charge is -2.20. The lowest BCUT2D eigenvalue weighted by molar-refractivity contribution is -0.119. The lowest BCUT2D eigenvalue weighted by atomic mass is 10.2. The van der Waals surface area contributed by atoms with Gasteiger partial charge in [0, 0.05) is 24.5 Å². The molecule has 0 bridgehead atoms. The van der Waals surface area contributed by atoms with Gasteiger partial charge in [-0.15, -0.1) is 0 Å². The van der Waals surface area contributed by atoms with Gasteiger partial charge in [-0.25, -0.2) is 4.79 Å². The first-order valence-corrected chi connectivity index (χ1v) is 9.12. The van der Waals surface area contributed by atoms with Crippen molar-refractivity contribution < 1.29 is 19.1 Å². The summed E-state index contributed by atoms with van der Waals surface area (Å²) in [6, 6.07) is 14.2. The van der Waals surface area contributed by atoms with Gasteiger partial charge in [-0.2, -0.15) is 0 Å². The van der Waals surface area contributed by atoms with E-state index in [0.717, 1.165) is 24.5 Å². The van der Waals surface area contributed by atoms with Gasteiger partial charge in [-0.1, -0.05) is 0 Å². The number of benzene rings is 2. The molecule has 1 amide bonds. The molecule has 0 aliphatic rings. The Balaban J connectivity index is 1.84. The van der Waals surface area contributed by atoms with Crippen molar-refractivity contribution in [3.63, 3.8) is 0 Å². The van der Waals surface area contributed by atoms with Crippen molar-refractivity contribution >= 4 is 23.3 Å². The summed E-state index contributed by atoms with van der Waals surface area (Å²) in [7, 11) is 0. The highest BCUT2D eigenvalue weighted by molar-refractivity contribution is 5.95. The van der Waals surface area contributed by atoms with E-state index in [1.807, 2.05) is 19.1 Å². The van der Waals surface area contributed by atoms with Crippen molar-refractivity contribution in [2.24, 2.45) is 0 Å². The summed E-state index contributed by atoms with van der Waals surface area (Å²) in [6.07, 6.45) is 0. The van der Waals surface area contributed by atoms with E-state index in [1.165, 1.54) is 0 Å². The van der Waals surface area contributed by atoms with Gasteiger partial charge in [0.25, 0.3) is 5.91 Å². The predicted molar refractivity (Wildman–Crippen MR) is 107 cm³/mol. The second-order valence-electron chi connectivity index (χ2n) is 5.80. The topological polar surface area (TPSA) is 67.9 Å². The van der Waals surface area contributed by atoms with Crippen LogP contribution in [0.4, 0.5) is 11.4 Å². The fourth-order valence-electron chi connectivity index (χ4n) is 2.61. The van der Waals surface area contributed by atoms with Crippen LogP contribution in [0, 0.1) is 0 Å². The molecule has 144 valence electrons. The first-order valence-electron chi connectivity index (χ1n) is 9.12. The predicted octanol–water partition coefficient (Wildman–Crippen LogP) is 3.73. The Kier molecular flexibility index (Phi) is 7.67. The third kappa shape index (κ3) is 6.02. The molecule has 2 aromatic rings. The Hall–Kier alpha value is -3.02. The van der Waals surface area contributed by atoms with Crippen LogP contribution in [0.2, 0.25) is 0 Å².